The Bertz CT molecular complexity index is 345. The number of ketones is 1. The van der Waals surface area contributed by atoms with Crippen molar-refractivity contribution in [1.82, 2.24) is 9.78 Å². The van der Waals surface area contributed by atoms with Gasteiger partial charge in [0.25, 0.3) is 0 Å². The second-order valence-electron chi connectivity index (χ2n) is 3.87. The minimum atomic E-state index is 0.110. The van der Waals surface area contributed by atoms with E-state index in [0.717, 1.165) is 24.2 Å². The summed E-state index contributed by atoms with van der Waals surface area (Å²) in [6, 6.07) is 1.98. The topological polar surface area (TPSA) is 44.1 Å². The molecule has 1 rings (SSSR count). The standard InChI is InChI=1S/C12H20N2O2/c1-4-6-16-9-12(15)8-11-7-10(5-2)13-14(11)3/h7H,4-6,8-9H2,1-3H3. The molecule has 90 valence electrons. The second-order valence-corrected chi connectivity index (χ2v) is 3.87. The van der Waals surface area contributed by atoms with Crippen LogP contribution < -0.4 is 0 Å². The van der Waals surface area contributed by atoms with Crippen LogP contribution in [0.2, 0.25) is 0 Å². The Kier molecular flexibility index (Phi) is 5.19. The van der Waals surface area contributed by atoms with Crippen molar-refractivity contribution in [2.45, 2.75) is 33.1 Å². The summed E-state index contributed by atoms with van der Waals surface area (Å²) < 4.78 is 6.98. The minimum absolute atomic E-state index is 0.110. The molecule has 4 heteroatoms. The van der Waals surface area contributed by atoms with Gasteiger partial charge in [-0.1, -0.05) is 13.8 Å². The lowest BCUT2D eigenvalue weighted by atomic mass is 10.2. The molecule has 0 unspecified atom stereocenters. The maximum Gasteiger partial charge on any atom is 0.164 e. The smallest absolute Gasteiger partial charge is 0.164 e. The first kappa shape index (κ1) is 12.9. The lowest BCUT2D eigenvalue weighted by Gasteiger charge is -2.02. The van der Waals surface area contributed by atoms with Crippen LogP contribution in [-0.2, 0) is 29.4 Å². The molecule has 0 saturated carbocycles. The zero-order chi connectivity index (χ0) is 12.0. The highest BCUT2D eigenvalue weighted by Crippen LogP contribution is 2.05. The van der Waals surface area contributed by atoms with Crippen molar-refractivity contribution in [3.63, 3.8) is 0 Å². The van der Waals surface area contributed by atoms with Gasteiger partial charge in [-0.15, -0.1) is 0 Å². The number of hydrogen-bond acceptors (Lipinski definition) is 3. The van der Waals surface area contributed by atoms with Crippen molar-refractivity contribution >= 4 is 5.78 Å². The first-order chi connectivity index (χ1) is 7.67. The van der Waals surface area contributed by atoms with Crippen LogP contribution >= 0.6 is 0 Å². The van der Waals surface area contributed by atoms with Gasteiger partial charge in [-0.25, -0.2) is 0 Å². The zero-order valence-corrected chi connectivity index (χ0v) is 10.3. The van der Waals surface area contributed by atoms with Crippen LogP contribution in [0.25, 0.3) is 0 Å². The van der Waals surface area contributed by atoms with Crippen molar-refractivity contribution in [1.29, 1.82) is 0 Å². The lowest BCUT2D eigenvalue weighted by Crippen LogP contribution is -2.14. The molecule has 1 aromatic heterocycles. The van der Waals surface area contributed by atoms with E-state index >= 15 is 0 Å². The number of Topliss-reactive ketones (excluding diaryl/α,β-unsaturated/α-hetero) is 1. The third-order valence-electron chi connectivity index (χ3n) is 2.38. The highest BCUT2D eigenvalue weighted by molar-refractivity contribution is 5.81. The molecule has 0 amide bonds. The molecular formula is C12H20N2O2. The van der Waals surface area contributed by atoms with E-state index in [9.17, 15) is 4.79 Å². The average Bonchev–Trinajstić information content (AvgIpc) is 2.60. The molecule has 1 aromatic rings. The Morgan fingerprint density at radius 1 is 1.50 bits per heavy atom. The molecule has 0 fully saturated rings. The summed E-state index contributed by atoms with van der Waals surface area (Å²) >= 11 is 0. The fraction of sp³-hybridized carbons (Fsp3) is 0.667. The van der Waals surface area contributed by atoms with Gasteiger partial charge in [0, 0.05) is 19.3 Å². The van der Waals surface area contributed by atoms with E-state index in [-0.39, 0.29) is 12.4 Å². The van der Waals surface area contributed by atoms with Crippen molar-refractivity contribution in [2.75, 3.05) is 13.2 Å². The summed E-state index contributed by atoms with van der Waals surface area (Å²) in [4.78, 5) is 11.6. The third kappa shape index (κ3) is 3.77. The summed E-state index contributed by atoms with van der Waals surface area (Å²) in [6.45, 7) is 4.94. The largest absolute Gasteiger partial charge is 0.374 e. The molecular weight excluding hydrogens is 204 g/mol. The Hall–Kier alpha value is -1.16. The molecule has 0 aromatic carbocycles. The van der Waals surface area contributed by atoms with Crippen LogP contribution in [0, 0.1) is 0 Å². The van der Waals surface area contributed by atoms with Gasteiger partial charge in [-0.3, -0.25) is 9.48 Å². The number of nitrogens with zero attached hydrogens (tertiary/aromatic N) is 2. The van der Waals surface area contributed by atoms with Gasteiger partial charge in [0.2, 0.25) is 0 Å². The summed E-state index contributed by atoms with van der Waals surface area (Å²) in [5.74, 6) is 0.110. The highest BCUT2D eigenvalue weighted by Gasteiger charge is 2.09. The predicted molar refractivity (Wildman–Crippen MR) is 62.4 cm³/mol. The summed E-state index contributed by atoms with van der Waals surface area (Å²) in [6.07, 6.45) is 2.25. The Balaban J connectivity index is 2.45. The van der Waals surface area contributed by atoms with Gasteiger partial charge in [-0.2, -0.15) is 5.10 Å². The molecule has 0 radical (unpaired) electrons. The van der Waals surface area contributed by atoms with Crippen LogP contribution in [0.15, 0.2) is 6.07 Å². The molecule has 0 atom stereocenters. The van der Waals surface area contributed by atoms with Gasteiger partial charge < -0.3 is 4.74 Å². The van der Waals surface area contributed by atoms with Crippen LogP contribution in [0.1, 0.15) is 31.7 Å². The van der Waals surface area contributed by atoms with E-state index in [1.165, 1.54) is 0 Å². The van der Waals surface area contributed by atoms with E-state index in [0.29, 0.717) is 13.0 Å². The SMILES string of the molecule is CCCOCC(=O)Cc1cc(CC)nn1C. The van der Waals surface area contributed by atoms with Gasteiger partial charge in [0.05, 0.1) is 12.1 Å². The normalized spacial score (nSPS) is 10.7. The van der Waals surface area contributed by atoms with Gasteiger partial charge in [-0.05, 0) is 18.9 Å². The molecule has 0 spiro atoms. The number of rotatable bonds is 7. The van der Waals surface area contributed by atoms with Crippen molar-refractivity contribution in [3.8, 4) is 0 Å². The fourth-order valence-corrected chi connectivity index (χ4v) is 1.49. The van der Waals surface area contributed by atoms with Gasteiger partial charge in [0.15, 0.2) is 5.78 Å². The molecule has 16 heavy (non-hydrogen) atoms. The number of carbonyl (C=O) groups excluding carboxylic acids is 1. The highest BCUT2D eigenvalue weighted by atomic mass is 16.5. The molecule has 4 nitrogen and oxygen atoms in total. The van der Waals surface area contributed by atoms with E-state index in [2.05, 4.69) is 12.0 Å². The second kappa shape index (κ2) is 6.43. The first-order valence-electron chi connectivity index (χ1n) is 5.78. The number of hydrogen-bond donors (Lipinski definition) is 0. The average molecular weight is 224 g/mol. The number of carbonyl (C=O) groups is 1. The van der Waals surface area contributed by atoms with Crippen molar-refractivity contribution in [3.05, 3.63) is 17.5 Å². The molecule has 0 aliphatic carbocycles. The Labute approximate surface area is 96.6 Å². The minimum Gasteiger partial charge on any atom is -0.374 e. The van der Waals surface area contributed by atoms with Crippen LogP contribution in [-0.4, -0.2) is 28.8 Å². The van der Waals surface area contributed by atoms with Crippen LogP contribution in [0.4, 0.5) is 0 Å². The summed E-state index contributed by atoms with van der Waals surface area (Å²) in [5.41, 5.74) is 1.99. The summed E-state index contributed by atoms with van der Waals surface area (Å²) in [7, 11) is 1.87. The first-order valence-corrected chi connectivity index (χ1v) is 5.78. The van der Waals surface area contributed by atoms with E-state index in [4.69, 9.17) is 4.74 Å². The lowest BCUT2D eigenvalue weighted by molar-refractivity contribution is -0.123. The van der Waals surface area contributed by atoms with Crippen LogP contribution in [0.3, 0.4) is 0 Å². The van der Waals surface area contributed by atoms with E-state index < -0.39 is 0 Å². The van der Waals surface area contributed by atoms with Gasteiger partial charge in [0.1, 0.15) is 6.61 Å². The molecule has 0 N–H and O–H groups in total. The maximum atomic E-state index is 11.6. The summed E-state index contributed by atoms with van der Waals surface area (Å²) in [5, 5.41) is 4.30. The zero-order valence-electron chi connectivity index (χ0n) is 10.3. The fourth-order valence-electron chi connectivity index (χ4n) is 1.49. The monoisotopic (exact) mass is 224 g/mol. The third-order valence-corrected chi connectivity index (χ3v) is 2.38. The molecule has 0 saturated heterocycles. The Morgan fingerprint density at radius 3 is 2.81 bits per heavy atom. The number of aryl methyl sites for hydroxylation is 2. The van der Waals surface area contributed by atoms with E-state index in [1.54, 1.807) is 4.68 Å². The van der Waals surface area contributed by atoms with Crippen molar-refractivity contribution in [2.24, 2.45) is 7.05 Å². The Morgan fingerprint density at radius 2 is 2.25 bits per heavy atom. The molecule has 0 aliphatic rings. The van der Waals surface area contributed by atoms with Crippen molar-refractivity contribution < 1.29 is 9.53 Å². The number of aromatic nitrogens is 2. The molecule has 0 bridgehead atoms. The predicted octanol–water partition coefficient (Wildman–Crippen LogP) is 1.52. The van der Waals surface area contributed by atoms with Crippen LogP contribution in [0.5, 0.6) is 0 Å². The van der Waals surface area contributed by atoms with Gasteiger partial charge >= 0.3 is 0 Å². The quantitative estimate of drug-likeness (QED) is 0.660. The molecule has 0 aliphatic heterocycles. The van der Waals surface area contributed by atoms with E-state index in [1.807, 2.05) is 20.0 Å². The number of ether oxygens (including phenoxy) is 1. The maximum absolute atomic E-state index is 11.6. The molecule has 1 heterocycles.